The number of nitrogens with zero attached hydrogens (tertiary/aromatic N) is 3. The first kappa shape index (κ1) is 20.3. The van der Waals surface area contributed by atoms with Crippen molar-refractivity contribution >= 4 is 40.9 Å². The highest BCUT2D eigenvalue weighted by Gasteiger charge is 2.43. The Bertz CT molecular complexity index is 1010. The van der Waals surface area contributed by atoms with Crippen LogP contribution in [0.2, 0.25) is 0 Å². The fourth-order valence-electron chi connectivity index (χ4n) is 2.83. The highest BCUT2D eigenvalue weighted by molar-refractivity contribution is 8.00. The summed E-state index contributed by atoms with van der Waals surface area (Å²) in [5, 5.41) is 19.9. The predicted molar refractivity (Wildman–Crippen MR) is 102 cm³/mol. The maximum atomic E-state index is 12.8. The van der Waals surface area contributed by atoms with Gasteiger partial charge in [-0.05, 0) is 31.2 Å². The zero-order valence-electron chi connectivity index (χ0n) is 15.1. The third-order valence-corrected chi connectivity index (χ3v) is 5.26. The third kappa shape index (κ3) is 4.04. The molecule has 150 valence electrons. The second-order valence-electron chi connectivity index (χ2n) is 5.88. The van der Waals surface area contributed by atoms with Crippen molar-refractivity contribution in [3.63, 3.8) is 0 Å². The number of carboxylic acids is 1. The summed E-state index contributed by atoms with van der Waals surface area (Å²) in [6.45, 7) is 2.02. The lowest BCUT2D eigenvalue weighted by molar-refractivity contribution is -0.384. The minimum absolute atomic E-state index is 0.0918. The van der Waals surface area contributed by atoms with Crippen molar-refractivity contribution in [1.29, 1.82) is 0 Å². The minimum atomic E-state index is -1.21. The molecule has 0 aliphatic carbocycles. The van der Waals surface area contributed by atoms with Crippen molar-refractivity contribution in [1.82, 2.24) is 4.98 Å². The lowest BCUT2D eigenvalue weighted by atomic mass is 10.2. The molecule has 0 spiro atoms. The Balaban J connectivity index is 1.92. The number of carbonyl (C=O) groups excluding carboxylic acids is 2. The van der Waals surface area contributed by atoms with E-state index in [1.54, 1.807) is 6.92 Å². The number of rotatable bonds is 7. The number of nitro benzene ring substituents is 1. The summed E-state index contributed by atoms with van der Waals surface area (Å²) in [5.41, 5.74) is -0.688. The van der Waals surface area contributed by atoms with Crippen LogP contribution in [0.3, 0.4) is 0 Å². The Morgan fingerprint density at radius 1 is 1.41 bits per heavy atom. The van der Waals surface area contributed by atoms with Crippen LogP contribution in [0.4, 0.5) is 11.4 Å². The summed E-state index contributed by atoms with van der Waals surface area (Å²) in [7, 11) is 0. The summed E-state index contributed by atoms with van der Waals surface area (Å²) in [4.78, 5) is 52.2. The van der Waals surface area contributed by atoms with Gasteiger partial charge in [-0.25, -0.2) is 14.7 Å². The molecule has 1 fully saturated rings. The molecule has 0 unspecified atom stereocenters. The van der Waals surface area contributed by atoms with Gasteiger partial charge in [-0.3, -0.25) is 19.7 Å². The molecule has 1 atom stereocenters. The zero-order chi connectivity index (χ0) is 21.1. The first-order chi connectivity index (χ1) is 13.8. The molecule has 0 radical (unpaired) electrons. The molecule has 29 heavy (non-hydrogen) atoms. The molecule has 2 heterocycles. The van der Waals surface area contributed by atoms with Crippen LogP contribution in [0.15, 0.2) is 41.6 Å². The van der Waals surface area contributed by atoms with Crippen LogP contribution < -0.4 is 9.64 Å². The summed E-state index contributed by atoms with van der Waals surface area (Å²) < 4.78 is 5.24. The molecule has 11 heteroatoms. The van der Waals surface area contributed by atoms with Crippen LogP contribution in [0.1, 0.15) is 23.7 Å². The van der Waals surface area contributed by atoms with Gasteiger partial charge in [0.25, 0.3) is 5.69 Å². The van der Waals surface area contributed by atoms with Crippen LogP contribution in [0.5, 0.6) is 5.75 Å². The van der Waals surface area contributed by atoms with E-state index in [-0.39, 0.29) is 28.4 Å². The number of ether oxygens (including phenoxy) is 1. The van der Waals surface area contributed by atoms with Crippen LogP contribution in [0.25, 0.3) is 0 Å². The van der Waals surface area contributed by atoms with Crippen molar-refractivity contribution in [2.24, 2.45) is 0 Å². The van der Waals surface area contributed by atoms with Gasteiger partial charge < -0.3 is 9.84 Å². The van der Waals surface area contributed by atoms with Crippen molar-refractivity contribution in [2.75, 3.05) is 11.5 Å². The number of nitro groups is 1. The molecular weight excluding hydrogens is 402 g/mol. The van der Waals surface area contributed by atoms with Crippen molar-refractivity contribution in [3.05, 3.63) is 52.2 Å². The molecule has 1 N–H and O–H groups in total. The van der Waals surface area contributed by atoms with E-state index >= 15 is 0 Å². The number of hydrogen-bond acceptors (Lipinski definition) is 8. The van der Waals surface area contributed by atoms with Gasteiger partial charge in [-0.2, -0.15) is 0 Å². The fraction of sp³-hybridized carbons (Fsp3) is 0.222. The predicted octanol–water partition coefficient (Wildman–Crippen LogP) is 2.51. The number of carboxylic acid groups (broad SMARTS) is 1. The van der Waals surface area contributed by atoms with Crippen LogP contribution in [-0.2, 0) is 9.59 Å². The molecule has 2 aromatic rings. The van der Waals surface area contributed by atoms with Gasteiger partial charge in [0, 0.05) is 12.6 Å². The van der Waals surface area contributed by atoms with Crippen molar-refractivity contribution in [3.8, 4) is 5.75 Å². The van der Waals surface area contributed by atoms with E-state index in [1.807, 2.05) is 0 Å². The number of aromatic nitrogens is 1. The van der Waals surface area contributed by atoms with Gasteiger partial charge in [0.05, 0.1) is 28.4 Å². The van der Waals surface area contributed by atoms with Gasteiger partial charge in [0.15, 0.2) is 0 Å². The Morgan fingerprint density at radius 3 is 2.83 bits per heavy atom. The number of amides is 2. The maximum Gasteiger partial charge on any atom is 0.338 e. The highest BCUT2D eigenvalue weighted by Crippen LogP contribution is 2.39. The Morgan fingerprint density at radius 2 is 2.17 bits per heavy atom. The second-order valence-corrected chi connectivity index (χ2v) is 7.07. The third-order valence-electron chi connectivity index (χ3n) is 4.06. The van der Waals surface area contributed by atoms with Crippen LogP contribution >= 0.6 is 11.8 Å². The molecule has 3 rings (SSSR count). The quantitative estimate of drug-likeness (QED) is 0.409. The Hall–Kier alpha value is -3.47. The van der Waals surface area contributed by atoms with E-state index in [0.717, 1.165) is 22.7 Å². The Kier molecular flexibility index (Phi) is 5.78. The molecule has 0 bridgehead atoms. The van der Waals surface area contributed by atoms with Crippen molar-refractivity contribution < 1.29 is 29.2 Å². The zero-order valence-corrected chi connectivity index (χ0v) is 15.9. The molecule has 0 saturated carbocycles. The number of imide groups is 1. The Labute approximate surface area is 168 Å². The summed E-state index contributed by atoms with van der Waals surface area (Å²) in [5.74, 6) is -2.26. The van der Waals surface area contributed by atoms with Gasteiger partial charge in [0.2, 0.25) is 11.8 Å². The fourth-order valence-corrected chi connectivity index (χ4v) is 3.93. The lowest BCUT2D eigenvalue weighted by Gasteiger charge is -2.16. The van der Waals surface area contributed by atoms with Crippen LogP contribution in [-0.4, -0.2) is 44.7 Å². The second kappa shape index (κ2) is 8.27. The number of aromatic carboxylic acids is 1. The molecule has 10 nitrogen and oxygen atoms in total. The largest absolute Gasteiger partial charge is 0.494 e. The minimum Gasteiger partial charge on any atom is -0.494 e. The standard InChI is InChI=1S/C18H15N3O7S/c1-2-28-10-5-6-12(13(8-10)21(26)27)20-15(22)9-14(17(20)23)29-16-11(18(24)25)4-3-7-19-16/h3-8,14H,2,9H2,1H3,(H,24,25)/t14-/m0/s1. The number of hydrogen-bond donors (Lipinski definition) is 1. The van der Waals surface area contributed by atoms with E-state index in [0.29, 0.717) is 6.61 Å². The average Bonchev–Trinajstić information content (AvgIpc) is 2.95. The van der Waals surface area contributed by atoms with Crippen LogP contribution in [0, 0.1) is 10.1 Å². The van der Waals surface area contributed by atoms with E-state index < -0.39 is 33.6 Å². The smallest absolute Gasteiger partial charge is 0.338 e. The number of anilines is 1. The van der Waals surface area contributed by atoms with Gasteiger partial charge in [0.1, 0.15) is 16.5 Å². The molecule has 1 aliphatic rings. The summed E-state index contributed by atoms with van der Waals surface area (Å²) in [6, 6.07) is 6.67. The SMILES string of the molecule is CCOc1ccc(N2C(=O)C[C@H](Sc3ncccc3C(=O)O)C2=O)c([N+](=O)[O-])c1. The van der Waals surface area contributed by atoms with E-state index in [4.69, 9.17) is 4.74 Å². The lowest BCUT2D eigenvalue weighted by Crippen LogP contribution is -2.31. The van der Waals surface area contributed by atoms with Gasteiger partial charge >= 0.3 is 5.97 Å². The van der Waals surface area contributed by atoms with Gasteiger partial charge in [-0.15, -0.1) is 0 Å². The molecule has 1 aliphatic heterocycles. The van der Waals surface area contributed by atoms with E-state index in [2.05, 4.69) is 4.98 Å². The van der Waals surface area contributed by atoms with E-state index in [1.165, 1.54) is 30.5 Å². The van der Waals surface area contributed by atoms with E-state index in [9.17, 15) is 29.6 Å². The summed E-state index contributed by atoms with van der Waals surface area (Å²) in [6.07, 6.45) is 1.15. The van der Waals surface area contributed by atoms with Crippen molar-refractivity contribution in [2.45, 2.75) is 23.6 Å². The number of thioether (sulfide) groups is 1. The first-order valence-corrected chi connectivity index (χ1v) is 9.34. The van der Waals surface area contributed by atoms with Gasteiger partial charge in [-0.1, -0.05) is 11.8 Å². The molecule has 2 amide bonds. The normalized spacial score (nSPS) is 16.2. The first-order valence-electron chi connectivity index (χ1n) is 8.46. The molecular formula is C18H15N3O7S. The molecule has 1 saturated heterocycles. The topological polar surface area (TPSA) is 140 Å². The highest BCUT2D eigenvalue weighted by atomic mass is 32.2. The number of benzene rings is 1. The molecule has 1 aromatic heterocycles. The number of pyridine rings is 1. The number of carbonyl (C=O) groups is 3. The maximum absolute atomic E-state index is 12.8. The summed E-state index contributed by atoms with van der Waals surface area (Å²) >= 11 is 0.843. The molecule has 1 aromatic carbocycles. The average molecular weight is 417 g/mol. The monoisotopic (exact) mass is 417 g/mol.